The molecule has 2 aromatic heterocycles. The molecule has 1 amide bonds. The zero-order chi connectivity index (χ0) is 23.4. The molecule has 4 fully saturated rings. The van der Waals surface area contributed by atoms with Crippen LogP contribution < -0.4 is 5.32 Å². The SMILES string of the molecule is O=C1NCC(C(F)(F)F)CC1Cc1nn2cc(CC3CC4CC4C3)nc2nc1C1CCOCC1. The first kappa shape index (κ1) is 22.2. The third kappa shape index (κ3) is 4.41. The van der Waals surface area contributed by atoms with Crippen molar-refractivity contribution < 1.29 is 22.7 Å². The van der Waals surface area contributed by atoms with Gasteiger partial charge in [-0.2, -0.15) is 18.3 Å². The zero-order valence-corrected chi connectivity index (χ0v) is 19.1. The van der Waals surface area contributed by atoms with Gasteiger partial charge in [0.1, 0.15) is 0 Å². The Balaban J connectivity index is 1.28. The molecule has 34 heavy (non-hydrogen) atoms. The normalized spacial score (nSPS) is 32.1. The number of nitrogens with one attached hydrogen (secondary N) is 1. The summed E-state index contributed by atoms with van der Waals surface area (Å²) in [5.41, 5.74) is 2.33. The van der Waals surface area contributed by atoms with Crippen LogP contribution in [0, 0.1) is 29.6 Å². The van der Waals surface area contributed by atoms with E-state index < -0.39 is 18.0 Å². The molecular weight excluding hydrogens is 447 g/mol. The minimum atomic E-state index is -4.33. The zero-order valence-electron chi connectivity index (χ0n) is 19.1. The second kappa shape index (κ2) is 8.46. The van der Waals surface area contributed by atoms with Gasteiger partial charge in [-0.3, -0.25) is 4.79 Å². The third-order valence-electron chi connectivity index (χ3n) is 8.28. The van der Waals surface area contributed by atoms with E-state index in [0.29, 0.717) is 30.6 Å². The first-order valence-corrected chi connectivity index (χ1v) is 12.5. The molecule has 0 radical (unpaired) electrons. The average Bonchev–Trinajstić information content (AvgIpc) is 3.22. The number of piperidine rings is 1. The number of halogens is 3. The Morgan fingerprint density at radius 3 is 2.56 bits per heavy atom. The molecule has 4 atom stereocenters. The maximum atomic E-state index is 13.3. The molecule has 10 heteroatoms. The van der Waals surface area contributed by atoms with E-state index in [2.05, 4.69) is 5.32 Å². The van der Waals surface area contributed by atoms with Crippen LogP contribution in [0.4, 0.5) is 13.2 Å². The van der Waals surface area contributed by atoms with E-state index >= 15 is 0 Å². The third-order valence-corrected chi connectivity index (χ3v) is 8.28. The van der Waals surface area contributed by atoms with E-state index in [-0.39, 0.29) is 31.2 Å². The molecule has 2 saturated heterocycles. The van der Waals surface area contributed by atoms with E-state index in [1.54, 1.807) is 4.52 Å². The molecule has 184 valence electrons. The lowest BCUT2D eigenvalue weighted by molar-refractivity contribution is -0.183. The van der Waals surface area contributed by atoms with Gasteiger partial charge in [-0.15, -0.1) is 0 Å². The predicted molar refractivity (Wildman–Crippen MR) is 116 cm³/mol. The monoisotopic (exact) mass is 477 g/mol. The Bertz CT molecular complexity index is 1070. The van der Waals surface area contributed by atoms with Crippen molar-refractivity contribution in [2.24, 2.45) is 29.6 Å². The van der Waals surface area contributed by atoms with Gasteiger partial charge in [0.25, 0.3) is 5.78 Å². The Morgan fingerprint density at radius 2 is 1.82 bits per heavy atom. The molecule has 6 rings (SSSR count). The lowest BCUT2D eigenvalue weighted by atomic mass is 9.84. The van der Waals surface area contributed by atoms with Gasteiger partial charge < -0.3 is 10.1 Å². The number of nitrogens with zero attached hydrogens (tertiary/aromatic N) is 4. The second-order valence-electron chi connectivity index (χ2n) is 10.7. The smallest absolute Gasteiger partial charge is 0.381 e. The summed E-state index contributed by atoms with van der Waals surface area (Å²) in [6.45, 7) is 0.867. The van der Waals surface area contributed by atoms with Crippen molar-refractivity contribution in [3.8, 4) is 0 Å². The van der Waals surface area contributed by atoms with Crippen LogP contribution in [0.15, 0.2) is 6.20 Å². The van der Waals surface area contributed by atoms with Crippen molar-refractivity contribution in [1.82, 2.24) is 24.9 Å². The summed E-state index contributed by atoms with van der Waals surface area (Å²) < 4.78 is 47.2. The minimum absolute atomic E-state index is 0.105. The maximum absolute atomic E-state index is 13.3. The van der Waals surface area contributed by atoms with Crippen LogP contribution in [0.2, 0.25) is 0 Å². The van der Waals surface area contributed by atoms with Gasteiger partial charge >= 0.3 is 6.18 Å². The van der Waals surface area contributed by atoms with E-state index in [1.807, 2.05) is 6.20 Å². The van der Waals surface area contributed by atoms with Crippen LogP contribution >= 0.6 is 0 Å². The van der Waals surface area contributed by atoms with Gasteiger partial charge in [0.2, 0.25) is 5.91 Å². The lowest BCUT2D eigenvalue weighted by Gasteiger charge is -2.31. The fraction of sp³-hybridized carbons (Fsp3) is 0.750. The summed E-state index contributed by atoms with van der Waals surface area (Å²) in [6, 6.07) is 0. The van der Waals surface area contributed by atoms with Gasteiger partial charge in [-0.25, -0.2) is 14.5 Å². The number of carbonyl (C=O) groups excluding carboxylic acids is 1. The number of hydrogen-bond donors (Lipinski definition) is 1. The number of ether oxygens (including phenoxy) is 1. The minimum Gasteiger partial charge on any atom is -0.381 e. The molecule has 2 aliphatic carbocycles. The highest BCUT2D eigenvalue weighted by molar-refractivity contribution is 5.79. The molecule has 0 aromatic carbocycles. The molecule has 1 N–H and O–H groups in total. The van der Waals surface area contributed by atoms with Gasteiger partial charge in [0.15, 0.2) is 0 Å². The van der Waals surface area contributed by atoms with E-state index in [9.17, 15) is 18.0 Å². The molecule has 7 nitrogen and oxygen atoms in total. The van der Waals surface area contributed by atoms with Gasteiger partial charge in [-0.1, -0.05) is 0 Å². The van der Waals surface area contributed by atoms with Crippen molar-refractivity contribution in [3.63, 3.8) is 0 Å². The van der Waals surface area contributed by atoms with E-state index in [0.717, 1.165) is 42.5 Å². The molecule has 4 heterocycles. The second-order valence-corrected chi connectivity index (χ2v) is 10.7. The topological polar surface area (TPSA) is 81.4 Å². The standard InChI is InChI=1S/C24H30F3N5O2/c25-24(26,27)18-9-17(22(33)28-11-18)10-20-21(14-1-3-34-4-2-14)30-23-29-19(12-32(23)31-20)7-13-5-15-8-16(15)6-13/h12-18H,1-11H2,(H,28,33). The predicted octanol–water partition coefficient (Wildman–Crippen LogP) is 3.46. The fourth-order valence-electron chi connectivity index (χ4n) is 6.32. The Hall–Kier alpha value is -2.23. The van der Waals surface area contributed by atoms with Crippen LogP contribution in [0.5, 0.6) is 0 Å². The Morgan fingerprint density at radius 1 is 1.06 bits per heavy atom. The quantitative estimate of drug-likeness (QED) is 0.713. The largest absolute Gasteiger partial charge is 0.393 e. The number of imidazole rings is 1. The summed E-state index contributed by atoms with van der Waals surface area (Å²) in [6.07, 6.45) is 3.90. The number of amides is 1. The number of hydrogen-bond acceptors (Lipinski definition) is 5. The number of carbonyl (C=O) groups is 1. The van der Waals surface area contributed by atoms with Crippen LogP contribution in [0.3, 0.4) is 0 Å². The molecule has 0 spiro atoms. The van der Waals surface area contributed by atoms with Crippen LogP contribution in [0.1, 0.15) is 61.5 Å². The maximum Gasteiger partial charge on any atom is 0.393 e. The molecule has 0 bridgehead atoms. The number of alkyl halides is 3. The molecule has 2 aromatic rings. The fourth-order valence-corrected chi connectivity index (χ4v) is 6.32. The summed E-state index contributed by atoms with van der Waals surface area (Å²) in [5, 5.41) is 7.23. The number of rotatable bonds is 5. The molecule has 2 aliphatic heterocycles. The van der Waals surface area contributed by atoms with Crippen LogP contribution in [-0.2, 0) is 22.4 Å². The van der Waals surface area contributed by atoms with Crippen molar-refractivity contribution in [3.05, 3.63) is 23.3 Å². The summed E-state index contributed by atoms with van der Waals surface area (Å²) in [5.74, 6) is 0.465. The number of aromatic nitrogens is 4. The van der Waals surface area contributed by atoms with E-state index in [1.165, 1.54) is 19.3 Å². The number of fused-ring (bicyclic) bond motifs is 2. The molecule has 4 aliphatic rings. The average molecular weight is 478 g/mol. The summed E-state index contributed by atoms with van der Waals surface area (Å²) in [7, 11) is 0. The van der Waals surface area contributed by atoms with Gasteiger partial charge in [0, 0.05) is 38.0 Å². The highest BCUT2D eigenvalue weighted by Crippen LogP contribution is 2.54. The molecular formula is C24H30F3N5O2. The van der Waals surface area contributed by atoms with Crippen molar-refractivity contribution in [2.75, 3.05) is 19.8 Å². The summed E-state index contributed by atoms with van der Waals surface area (Å²) >= 11 is 0. The molecule has 4 unspecified atom stereocenters. The highest BCUT2D eigenvalue weighted by Gasteiger charge is 2.46. The summed E-state index contributed by atoms with van der Waals surface area (Å²) in [4.78, 5) is 22.1. The lowest BCUT2D eigenvalue weighted by Crippen LogP contribution is -2.47. The van der Waals surface area contributed by atoms with Gasteiger partial charge in [0.05, 0.1) is 29.2 Å². The Labute approximate surface area is 195 Å². The molecule has 2 saturated carbocycles. The van der Waals surface area contributed by atoms with Crippen molar-refractivity contribution >= 4 is 11.7 Å². The Kier molecular flexibility index (Phi) is 5.54. The van der Waals surface area contributed by atoms with Gasteiger partial charge in [-0.05, 0) is 62.7 Å². The van der Waals surface area contributed by atoms with Crippen LogP contribution in [-0.4, -0.2) is 51.4 Å². The van der Waals surface area contributed by atoms with Crippen LogP contribution in [0.25, 0.3) is 5.78 Å². The first-order valence-electron chi connectivity index (χ1n) is 12.5. The highest BCUT2D eigenvalue weighted by atomic mass is 19.4. The first-order chi connectivity index (χ1) is 16.3. The van der Waals surface area contributed by atoms with Crippen molar-refractivity contribution in [2.45, 2.75) is 63.5 Å². The van der Waals surface area contributed by atoms with E-state index in [4.69, 9.17) is 19.8 Å². The van der Waals surface area contributed by atoms with Crippen molar-refractivity contribution in [1.29, 1.82) is 0 Å².